The number of hydrogen-bond donors (Lipinski definition) is 0. The molecule has 5 heteroatoms. The molecule has 0 saturated carbocycles. The molecule has 0 N–H and O–H groups in total. The number of benzene rings is 2. The van der Waals surface area contributed by atoms with Crippen LogP contribution in [0.25, 0.3) is 0 Å². The SMILES string of the molecule is CC(C)c1ccc(C(=O)OCC(=O)c2cc(Cl)ccc2Cl)cc1. The van der Waals surface area contributed by atoms with Crippen LogP contribution >= 0.6 is 23.2 Å². The van der Waals surface area contributed by atoms with Crippen LogP contribution < -0.4 is 0 Å². The van der Waals surface area contributed by atoms with Crippen molar-refractivity contribution >= 4 is 35.0 Å². The van der Waals surface area contributed by atoms with Crippen LogP contribution in [0.3, 0.4) is 0 Å². The molecule has 2 rings (SSSR count). The number of esters is 1. The Morgan fingerprint density at radius 2 is 1.70 bits per heavy atom. The highest BCUT2D eigenvalue weighted by molar-refractivity contribution is 6.36. The fourth-order valence-corrected chi connectivity index (χ4v) is 2.40. The third kappa shape index (κ3) is 4.57. The maximum Gasteiger partial charge on any atom is 0.338 e. The predicted octanol–water partition coefficient (Wildman–Crippen LogP) is 5.16. The van der Waals surface area contributed by atoms with E-state index >= 15 is 0 Å². The van der Waals surface area contributed by atoms with E-state index in [9.17, 15) is 9.59 Å². The lowest BCUT2D eigenvalue weighted by Crippen LogP contribution is -2.14. The summed E-state index contributed by atoms with van der Waals surface area (Å²) in [5.41, 5.74) is 1.77. The summed E-state index contributed by atoms with van der Waals surface area (Å²) in [6.07, 6.45) is 0. The highest BCUT2D eigenvalue weighted by Crippen LogP contribution is 2.21. The van der Waals surface area contributed by atoms with Gasteiger partial charge in [0.2, 0.25) is 5.78 Å². The van der Waals surface area contributed by atoms with Gasteiger partial charge in [-0.1, -0.05) is 49.2 Å². The average molecular weight is 351 g/mol. The second kappa shape index (κ2) is 7.62. The van der Waals surface area contributed by atoms with Crippen LogP contribution in [0.15, 0.2) is 42.5 Å². The highest BCUT2D eigenvalue weighted by atomic mass is 35.5. The van der Waals surface area contributed by atoms with Gasteiger partial charge in [-0.3, -0.25) is 4.79 Å². The molecule has 0 bridgehead atoms. The van der Waals surface area contributed by atoms with Crippen molar-refractivity contribution in [1.29, 1.82) is 0 Å². The Morgan fingerprint density at radius 3 is 2.30 bits per heavy atom. The van der Waals surface area contributed by atoms with E-state index in [2.05, 4.69) is 13.8 Å². The Kier molecular flexibility index (Phi) is 5.80. The van der Waals surface area contributed by atoms with Gasteiger partial charge in [0.05, 0.1) is 10.6 Å². The molecule has 0 amide bonds. The number of carbonyl (C=O) groups excluding carboxylic acids is 2. The van der Waals surface area contributed by atoms with Gasteiger partial charge in [0.1, 0.15) is 0 Å². The van der Waals surface area contributed by atoms with E-state index in [1.807, 2.05) is 12.1 Å². The summed E-state index contributed by atoms with van der Waals surface area (Å²) in [5, 5.41) is 0.671. The molecule has 0 aliphatic heterocycles. The Balaban J connectivity index is 2.01. The molecule has 0 saturated heterocycles. The Morgan fingerprint density at radius 1 is 1.04 bits per heavy atom. The summed E-state index contributed by atoms with van der Waals surface area (Å²) < 4.78 is 5.05. The van der Waals surface area contributed by atoms with Crippen LogP contribution in [0.2, 0.25) is 10.0 Å². The highest BCUT2D eigenvalue weighted by Gasteiger charge is 2.15. The van der Waals surface area contributed by atoms with Crippen LogP contribution in [0.5, 0.6) is 0 Å². The summed E-state index contributed by atoms with van der Waals surface area (Å²) in [5.74, 6) is -0.567. The molecule has 23 heavy (non-hydrogen) atoms. The second-order valence-electron chi connectivity index (χ2n) is 5.40. The molecule has 0 heterocycles. The van der Waals surface area contributed by atoms with Crippen molar-refractivity contribution in [2.24, 2.45) is 0 Å². The molecule has 2 aromatic carbocycles. The molecule has 0 fully saturated rings. The summed E-state index contributed by atoms with van der Waals surface area (Å²) >= 11 is 11.8. The van der Waals surface area contributed by atoms with Gasteiger partial charge >= 0.3 is 5.97 Å². The molecule has 0 spiro atoms. The number of hydrogen-bond acceptors (Lipinski definition) is 3. The first-order valence-electron chi connectivity index (χ1n) is 7.14. The molecule has 120 valence electrons. The minimum absolute atomic E-state index is 0.238. The zero-order valence-electron chi connectivity index (χ0n) is 12.8. The molecule has 0 atom stereocenters. The van der Waals surface area contributed by atoms with Crippen LogP contribution in [0, 0.1) is 0 Å². The Bertz CT molecular complexity index is 722. The normalized spacial score (nSPS) is 10.7. The minimum atomic E-state index is -0.549. The fraction of sp³-hybridized carbons (Fsp3) is 0.222. The quantitative estimate of drug-likeness (QED) is 0.552. The van der Waals surface area contributed by atoms with Crippen LogP contribution in [0.1, 0.15) is 46.0 Å². The summed E-state index contributed by atoms with van der Waals surface area (Å²) in [4.78, 5) is 24.1. The van der Waals surface area contributed by atoms with Crippen molar-refractivity contribution in [2.45, 2.75) is 19.8 Å². The van der Waals surface area contributed by atoms with E-state index in [0.717, 1.165) is 5.56 Å². The van der Waals surface area contributed by atoms with E-state index < -0.39 is 11.8 Å². The zero-order chi connectivity index (χ0) is 17.0. The Hall–Kier alpha value is -1.84. The molecular formula is C18H16Cl2O3. The number of Topliss-reactive ketones (excluding diaryl/α,β-unsaturated/α-hetero) is 1. The third-order valence-corrected chi connectivity index (χ3v) is 3.94. The average Bonchev–Trinajstić information content (AvgIpc) is 2.54. The number of carbonyl (C=O) groups is 2. The number of ketones is 1. The van der Waals surface area contributed by atoms with E-state index in [-0.39, 0.29) is 17.2 Å². The van der Waals surface area contributed by atoms with Gasteiger partial charge in [0.15, 0.2) is 6.61 Å². The van der Waals surface area contributed by atoms with Crippen molar-refractivity contribution < 1.29 is 14.3 Å². The third-order valence-electron chi connectivity index (χ3n) is 3.38. The van der Waals surface area contributed by atoms with Crippen molar-refractivity contribution in [2.75, 3.05) is 6.61 Å². The minimum Gasteiger partial charge on any atom is -0.454 e. The van der Waals surface area contributed by atoms with Gasteiger partial charge in [-0.15, -0.1) is 0 Å². The molecule has 0 aliphatic carbocycles. The molecule has 3 nitrogen and oxygen atoms in total. The van der Waals surface area contributed by atoms with E-state index in [1.54, 1.807) is 18.2 Å². The largest absolute Gasteiger partial charge is 0.454 e. The van der Waals surface area contributed by atoms with E-state index in [1.165, 1.54) is 12.1 Å². The van der Waals surface area contributed by atoms with Gasteiger partial charge in [-0.25, -0.2) is 4.79 Å². The zero-order valence-corrected chi connectivity index (χ0v) is 14.3. The first-order valence-corrected chi connectivity index (χ1v) is 7.89. The van der Waals surface area contributed by atoms with Crippen LogP contribution in [0.4, 0.5) is 0 Å². The predicted molar refractivity (Wildman–Crippen MR) is 91.6 cm³/mol. The lowest BCUT2D eigenvalue weighted by molar-refractivity contribution is 0.0475. The smallest absolute Gasteiger partial charge is 0.338 e. The number of ether oxygens (including phenoxy) is 1. The van der Waals surface area contributed by atoms with Gasteiger partial charge in [0, 0.05) is 10.6 Å². The summed E-state index contributed by atoms with van der Waals surface area (Å²) in [7, 11) is 0. The molecule has 0 unspecified atom stereocenters. The Labute approximate surface area is 145 Å². The fourth-order valence-electron chi connectivity index (χ4n) is 2.01. The number of halogens is 2. The first-order chi connectivity index (χ1) is 10.9. The standard InChI is InChI=1S/C18H16Cl2O3/c1-11(2)12-3-5-13(6-4-12)18(22)23-10-17(21)15-9-14(19)7-8-16(15)20/h3-9,11H,10H2,1-2H3. The molecule has 0 radical (unpaired) electrons. The lowest BCUT2D eigenvalue weighted by atomic mass is 10.0. The van der Waals surface area contributed by atoms with Crippen molar-refractivity contribution in [3.05, 3.63) is 69.2 Å². The molecule has 0 aliphatic rings. The molecular weight excluding hydrogens is 335 g/mol. The first kappa shape index (κ1) is 17.5. The lowest BCUT2D eigenvalue weighted by Gasteiger charge is -2.08. The monoisotopic (exact) mass is 350 g/mol. The summed E-state index contributed by atoms with van der Waals surface area (Å²) in [6.45, 7) is 3.76. The van der Waals surface area contributed by atoms with Crippen molar-refractivity contribution in [3.8, 4) is 0 Å². The molecule has 0 aromatic heterocycles. The van der Waals surface area contributed by atoms with Crippen LogP contribution in [-0.4, -0.2) is 18.4 Å². The summed E-state index contributed by atoms with van der Waals surface area (Å²) in [6, 6.07) is 11.7. The maximum atomic E-state index is 12.1. The maximum absolute atomic E-state index is 12.1. The van der Waals surface area contributed by atoms with Crippen molar-refractivity contribution in [1.82, 2.24) is 0 Å². The van der Waals surface area contributed by atoms with Gasteiger partial charge in [-0.05, 0) is 41.8 Å². The van der Waals surface area contributed by atoms with Crippen molar-refractivity contribution in [3.63, 3.8) is 0 Å². The van der Waals surface area contributed by atoms with Crippen LogP contribution in [-0.2, 0) is 4.74 Å². The number of rotatable bonds is 5. The molecule has 2 aromatic rings. The van der Waals surface area contributed by atoms with Gasteiger partial charge < -0.3 is 4.74 Å². The topological polar surface area (TPSA) is 43.4 Å². The van der Waals surface area contributed by atoms with Gasteiger partial charge in [0.25, 0.3) is 0 Å². The van der Waals surface area contributed by atoms with Gasteiger partial charge in [-0.2, -0.15) is 0 Å². The second-order valence-corrected chi connectivity index (χ2v) is 6.24. The van der Waals surface area contributed by atoms with E-state index in [0.29, 0.717) is 16.5 Å². The van der Waals surface area contributed by atoms with E-state index in [4.69, 9.17) is 27.9 Å².